The van der Waals surface area contributed by atoms with Crippen LogP contribution in [0, 0.1) is 0 Å². The van der Waals surface area contributed by atoms with Crippen molar-refractivity contribution in [2.45, 2.75) is 13.2 Å². The molecule has 0 amide bonds. The predicted molar refractivity (Wildman–Crippen MR) is 113 cm³/mol. The zero-order chi connectivity index (χ0) is 19.1. The van der Waals surface area contributed by atoms with Gasteiger partial charge < -0.3 is 10.2 Å². The molecule has 6 heteroatoms. The SMILES string of the molecule is Clc1ccc(COc2ccc(Cl)cc2/C=N\NCc2ccccc2Cl)cc1. The van der Waals surface area contributed by atoms with Crippen molar-refractivity contribution >= 4 is 41.0 Å². The van der Waals surface area contributed by atoms with E-state index in [2.05, 4.69) is 10.5 Å². The molecule has 1 N–H and O–H groups in total. The summed E-state index contributed by atoms with van der Waals surface area (Å²) in [6, 6.07) is 20.6. The first-order valence-electron chi connectivity index (χ1n) is 8.28. The van der Waals surface area contributed by atoms with Gasteiger partial charge in [-0.25, -0.2) is 0 Å². The van der Waals surface area contributed by atoms with Gasteiger partial charge >= 0.3 is 0 Å². The summed E-state index contributed by atoms with van der Waals surface area (Å²) in [6.07, 6.45) is 1.68. The Bertz CT molecular complexity index is 927. The summed E-state index contributed by atoms with van der Waals surface area (Å²) < 4.78 is 5.91. The number of nitrogens with zero attached hydrogens (tertiary/aromatic N) is 1. The fourth-order valence-corrected chi connectivity index (χ4v) is 2.89. The number of benzene rings is 3. The van der Waals surface area contributed by atoms with Gasteiger partial charge in [0.1, 0.15) is 12.4 Å². The highest BCUT2D eigenvalue weighted by Crippen LogP contribution is 2.23. The quantitative estimate of drug-likeness (QED) is 0.357. The third kappa shape index (κ3) is 5.90. The zero-order valence-corrected chi connectivity index (χ0v) is 16.6. The lowest BCUT2D eigenvalue weighted by atomic mass is 10.2. The number of ether oxygens (including phenoxy) is 1. The van der Waals surface area contributed by atoms with Gasteiger partial charge in [-0.15, -0.1) is 0 Å². The second-order valence-electron chi connectivity index (χ2n) is 5.78. The third-order valence-corrected chi connectivity index (χ3v) is 4.66. The van der Waals surface area contributed by atoms with Crippen LogP contribution in [-0.2, 0) is 13.2 Å². The van der Waals surface area contributed by atoms with E-state index in [9.17, 15) is 0 Å². The molecule has 0 heterocycles. The maximum absolute atomic E-state index is 6.14. The molecule has 0 spiro atoms. The molecule has 0 aliphatic carbocycles. The first-order chi connectivity index (χ1) is 13.1. The van der Waals surface area contributed by atoms with E-state index in [1.807, 2.05) is 54.6 Å². The second-order valence-corrected chi connectivity index (χ2v) is 7.06. The second kappa shape index (κ2) is 9.65. The molecule has 3 nitrogen and oxygen atoms in total. The highest BCUT2D eigenvalue weighted by Gasteiger charge is 2.04. The summed E-state index contributed by atoms with van der Waals surface area (Å²) in [4.78, 5) is 0. The van der Waals surface area contributed by atoms with E-state index in [1.165, 1.54) is 0 Å². The Morgan fingerprint density at radius 3 is 2.41 bits per heavy atom. The number of hydrogen-bond donors (Lipinski definition) is 1. The minimum Gasteiger partial charge on any atom is -0.488 e. The van der Waals surface area contributed by atoms with Crippen LogP contribution in [0.25, 0.3) is 0 Å². The molecule has 0 aliphatic heterocycles. The molecule has 0 unspecified atom stereocenters. The van der Waals surface area contributed by atoms with Gasteiger partial charge in [-0.1, -0.05) is 65.1 Å². The molecule has 0 saturated carbocycles. The average molecular weight is 420 g/mol. The van der Waals surface area contributed by atoms with Gasteiger partial charge in [-0.2, -0.15) is 5.10 Å². The van der Waals surface area contributed by atoms with Crippen molar-refractivity contribution < 1.29 is 4.74 Å². The Morgan fingerprint density at radius 1 is 0.889 bits per heavy atom. The van der Waals surface area contributed by atoms with E-state index in [0.29, 0.717) is 34.0 Å². The highest BCUT2D eigenvalue weighted by molar-refractivity contribution is 6.31. The molecule has 3 aromatic carbocycles. The molecular weight excluding hydrogens is 403 g/mol. The number of nitrogens with one attached hydrogen (secondary N) is 1. The average Bonchev–Trinajstić information content (AvgIpc) is 2.67. The van der Waals surface area contributed by atoms with Crippen LogP contribution >= 0.6 is 34.8 Å². The van der Waals surface area contributed by atoms with Crippen molar-refractivity contribution in [2.24, 2.45) is 5.10 Å². The fourth-order valence-electron chi connectivity index (χ4n) is 2.38. The van der Waals surface area contributed by atoms with Crippen molar-refractivity contribution in [3.63, 3.8) is 0 Å². The van der Waals surface area contributed by atoms with Crippen molar-refractivity contribution in [3.8, 4) is 5.75 Å². The normalized spacial score (nSPS) is 10.9. The van der Waals surface area contributed by atoms with Gasteiger partial charge in [-0.3, -0.25) is 0 Å². The maximum atomic E-state index is 6.14. The van der Waals surface area contributed by atoms with Crippen molar-refractivity contribution in [1.29, 1.82) is 0 Å². The van der Waals surface area contributed by atoms with Crippen LogP contribution in [0.1, 0.15) is 16.7 Å². The summed E-state index contributed by atoms with van der Waals surface area (Å²) in [7, 11) is 0. The van der Waals surface area contributed by atoms with E-state index >= 15 is 0 Å². The van der Waals surface area contributed by atoms with Gasteiger partial charge in [0.25, 0.3) is 0 Å². The van der Waals surface area contributed by atoms with Crippen molar-refractivity contribution in [2.75, 3.05) is 0 Å². The van der Waals surface area contributed by atoms with Crippen LogP contribution in [-0.4, -0.2) is 6.21 Å². The Kier molecular flexibility index (Phi) is 6.99. The Hall–Kier alpha value is -2.20. The first kappa shape index (κ1) is 19.6. The lowest BCUT2D eigenvalue weighted by Crippen LogP contribution is -2.06. The monoisotopic (exact) mass is 418 g/mol. The molecule has 27 heavy (non-hydrogen) atoms. The summed E-state index contributed by atoms with van der Waals surface area (Å²) in [5.74, 6) is 0.692. The summed E-state index contributed by atoms with van der Waals surface area (Å²) >= 11 is 18.2. The molecule has 0 fully saturated rings. The minimum absolute atomic E-state index is 0.423. The van der Waals surface area contributed by atoms with Crippen LogP contribution in [0.2, 0.25) is 15.1 Å². The Morgan fingerprint density at radius 2 is 1.63 bits per heavy atom. The number of rotatable bonds is 7. The molecule has 0 aromatic heterocycles. The topological polar surface area (TPSA) is 33.6 Å². The van der Waals surface area contributed by atoms with E-state index in [0.717, 1.165) is 16.7 Å². The Labute approximate surface area is 173 Å². The van der Waals surface area contributed by atoms with E-state index < -0.39 is 0 Å². The first-order valence-corrected chi connectivity index (χ1v) is 9.41. The summed E-state index contributed by atoms with van der Waals surface area (Å²) in [6.45, 7) is 0.949. The smallest absolute Gasteiger partial charge is 0.128 e. The predicted octanol–water partition coefficient (Wildman–Crippen LogP) is 6.35. The van der Waals surface area contributed by atoms with Gasteiger partial charge in [-0.05, 0) is 47.5 Å². The molecular formula is C21H17Cl3N2O. The maximum Gasteiger partial charge on any atom is 0.128 e. The molecule has 0 radical (unpaired) electrons. The van der Waals surface area contributed by atoms with Crippen LogP contribution in [0.5, 0.6) is 5.75 Å². The van der Waals surface area contributed by atoms with E-state index in [4.69, 9.17) is 39.5 Å². The van der Waals surface area contributed by atoms with Gasteiger partial charge in [0.2, 0.25) is 0 Å². The molecule has 0 aliphatic rings. The molecule has 138 valence electrons. The third-order valence-electron chi connectivity index (χ3n) is 3.80. The molecule has 0 bridgehead atoms. The summed E-state index contributed by atoms with van der Waals surface area (Å²) in [5.41, 5.74) is 5.77. The van der Waals surface area contributed by atoms with Gasteiger partial charge in [0.15, 0.2) is 0 Å². The number of halogens is 3. The Balaban J connectivity index is 1.64. The lowest BCUT2D eigenvalue weighted by molar-refractivity contribution is 0.306. The fraction of sp³-hybridized carbons (Fsp3) is 0.0952. The molecule has 3 aromatic rings. The van der Waals surface area contributed by atoms with E-state index in [-0.39, 0.29) is 0 Å². The largest absolute Gasteiger partial charge is 0.488 e. The van der Waals surface area contributed by atoms with Crippen LogP contribution in [0.4, 0.5) is 0 Å². The van der Waals surface area contributed by atoms with Crippen LogP contribution in [0.3, 0.4) is 0 Å². The summed E-state index contributed by atoms with van der Waals surface area (Å²) in [5, 5.41) is 6.27. The zero-order valence-electron chi connectivity index (χ0n) is 14.3. The highest BCUT2D eigenvalue weighted by atomic mass is 35.5. The molecule has 3 rings (SSSR count). The lowest BCUT2D eigenvalue weighted by Gasteiger charge is -2.10. The molecule has 0 atom stereocenters. The van der Waals surface area contributed by atoms with Gasteiger partial charge in [0, 0.05) is 20.6 Å². The number of hydrazone groups is 1. The standard InChI is InChI=1S/C21H17Cl3N2O/c22-18-7-5-15(6-8-18)14-27-21-10-9-19(23)11-17(21)13-26-25-12-16-3-1-2-4-20(16)24/h1-11,13,25H,12,14H2/b26-13-. The van der Waals surface area contributed by atoms with Crippen LogP contribution in [0.15, 0.2) is 71.8 Å². The molecule has 0 saturated heterocycles. The number of hydrogen-bond acceptors (Lipinski definition) is 3. The minimum atomic E-state index is 0.423. The van der Waals surface area contributed by atoms with Crippen LogP contribution < -0.4 is 10.2 Å². The van der Waals surface area contributed by atoms with E-state index in [1.54, 1.807) is 18.3 Å². The van der Waals surface area contributed by atoms with Crippen molar-refractivity contribution in [1.82, 2.24) is 5.43 Å². The van der Waals surface area contributed by atoms with Gasteiger partial charge in [0.05, 0.1) is 12.8 Å². The van der Waals surface area contributed by atoms with Crippen molar-refractivity contribution in [3.05, 3.63) is 98.5 Å².